The molecular weight excluding hydrogens is 284 g/mol. The Morgan fingerprint density at radius 1 is 1.23 bits per heavy atom. The molecule has 1 saturated heterocycles. The van der Waals surface area contributed by atoms with Crippen molar-refractivity contribution in [3.63, 3.8) is 0 Å². The van der Waals surface area contributed by atoms with Gasteiger partial charge in [-0.1, -0.05) is 30.3 Å². The number of piperidine rings is 1. The number of amides is 1. The summed E-state index contributed by atoms with van der Waals surface area (Å²) in [5, 5.41) is 26.1. The van der Waals surface area contributed by atoms with E-state index in [0.29, 0.717) is 5.56 Å². The summed E-state index contributed by atoms with van der Waals surface area (Å²) in [7, 11) is 0. The minimum atomic E-state index is -0.729. The van der Waals surface area contributed by atoms with Crippen molar-refractivity contribution in [3.05, 3.63) is 36.0 Å². The zero-order valence-corrected chi connectivity index (χ0v) is 11.9. The molecule has 2 heterocycles. The number of carbonyl (C=O) groups excluding carboxylic acids is 1. The Hall–Kier alpha value is -2.38. The van der Waals surface area contributed by atoms with Crippen LogP contribution >= 0.6 is 0 Å². The first-order chi connectivity index (χ1) is 10.6. The van der Waals surface area contributed by atoms with Gasteiger partial charge in [-0.25, -0.2) is 0 Å². The lowest BCUT2D eigenvalue weighted by Gasteiger charge is -2.33. The quantitative estimate of drug-likeness (QED) is 0.633. The first-order valence-corrected chi connectivity index (χ1v) is 7.11. The number of hydrogen-bond donors (Lipinski definition) is 4. The van der Waals surface area contributed by atoms with Gasteiger partial charge in [-0.05, 0) is 5.56 Å². The third-order valence-electron chi connectivity index (χ3n) is 3.76. The van der Waals surface area contributed by atoms with Crippen LogP contribution in [0, 0.1) is 0 Å². The van der Waals surface area contributed by atoms with Crippen molar-refractivity contribution >= 4 is 11.7 Å². The van der Waals surface area contributed by atoms with E-state index in [1.54, 1.807) is 0 Å². The standard InChI is InChI=1S/C15H18N4O3/c16-14-12(9-4-2-1-3-5-9)13(17-18-14)15(22)19-7-10(20)6-11(21)8-19/h1-5,10-11,20-21H,6-8H2,(H3,16,17,18)/t10-,11-/m1/s1. The molecule has 1 aliphatic rings. The van der Waals surface area contributed by atoms with Crippen LogP contribution in [0.4, 0.5) is 5.82 Å². The number of aliphatic hydroxyl groups is 2. The molecule has 2 atom stereocenters. The molecule has 1 fully saturated rings. The molecule has 3 rings (SSSR count). The van der Waals surface area contributed by atoms with Gasteiger partial charge in [0.15, 0.2) is 5.82 Å². The summed E-state index contributed by atoms with van der Waals surface area (Å²) in [6.45, 7) is 0.367. The van der Waals surface area contributed by atoms with Gasteiger partial charge in [-0.15, -0.1) is 0 Å². The predicted octanol–water partition coefficient (Wildman–Crippen LogP) is 0.227. The van der Waals surface area contributed by atoms with Crippen LogP contribution in [0.2, 0.25) is 0 Å². The van der Waals surface area contributed by atoms with Crippen LogP contribution in [-0.4, -0.2) is 56.5 Å². The molecular formula is C15H18N4O3. The number of H-pyrrole nitrogens is 1. The monoisotopic (exact) mass is 302 g/mol. The van der Waals surface area contributed by atoms with E-state index >= 15 is 0 Å². The van der Waals surface area contributed by atoms with Gasteiger partial charge >= 0.3 is 0 Å². The molecule has 0 bridgehead atoms. The van der Waals surface area contributed by atoms with E-state index in [2.05, 4.69) is 10.2 Å². The van der Waals surface area contributed by atoms with E-state index < -0.39 is 12.2 Å². The van der Waals surface area contributed by atoms with Crippen LogP contribution in [0.1, 0.15) is 16.9 Å². The molecule has 0 spiro atoms. The van der Waals surface area contributed by atoms with E-state index in [-0.39, 0.29) is 36.9 Å². The SMILES string of the molecule is Nc1n[nH]c(C(=O)N2C[C@H](O)C[C@@H](O)C2)c1-c1ccccc1. The fraction of sp³-hybridized carbons (Fsp3) is 0.333. The number of benzene rings is 1. The number of likely N-dealkylation sites (tertiary alicyclic amines) is 1. The maximum atomic E-state index is 12.7. The average molecular weight is 302 g/mol. The Balaban J connectivity index is 1.94. The summed E-state index contributed by atoms with van der Waals surface area (Å²) in [4.78, 5) is 14.1. The first-order valence-electron chi connectivity index (χ1n) is 7.11. The van der Waals surface area contributed by atoms with Gasteiger partial charge < -0.3 is 20.8 Å². The Morgan fingerprint density at radius 3 is 2.50 bits per heavy atom. The van der Waals surface area contributed by atoms with E-state index in [9.17, 15) is 15.0 Å². The lowest BCUT2D eigenvalue weighted by Crippen LogP contribution is -2.48. The lowest BCUT2D eigenvalue weighted by molar-refractivity contribution is -0.00405. The molecule has 1 amide bonds. The number of carbonyl (C=O) groups is 1. The highest BCUT2D eigenvalue weighted by atomic mass is 16.3. The van der Waals surface area contributed by atoms with Gasteiger partial charge in [0.05, 0.1) is 17.8 Å². The van der Waals surface area contributed by atoms with Gasteiger partial charge in [-0.3, -0.25) is 9.89 Å². The topological polar surface area (TPSA) is 115 Å². The summed E-state index contributed by atoms with van der Waals surface area (Å²) in [6, 6.07) is 9.27. The number of rotatable bonds is 2. The Labute approximate surface area is 127 Å². The minimum absolute atomic E-state index is 0.184. The number of aromatic amines is 1. The normalized spacial score (nSPS) is 21.8. The minimum Gasteiger partial charge on any atom is -0.391 e. The number of nitrogens with zero attached hydrogens (tertiary/aromatic N) is 2. The molecule has 116 valence electrons. The van der Waals surface area contributed by atoms with Crippen molar-refractivity contribution in [2.75, 3.05) is 18.8 Å². The first kappa shape index (κ1) is 14.6. The van der Waals surface area contributed by atoms with Crippen molar-refractivity contribution in [1.29, 1.82) is 0 Å². The highest BCUT2D eigenvalue weighted by Gasteiger charge is 2.31. The largest absolute Gasteiger partial charge is 0.391 e. The van der Waals surface area contributed by atoms with Crippen LogP contribution in [-0.2, 0) is 0 Å². The molecule has 0 aliphatic carbocycles. The number of nitrogens with one attached hydrogen (secondary N) is 1. The molecule has 2 aromatic rings. The molecule has 7 heteroatoms. The van der Waals surface area contributed by atoms with Crippen molar-refractivity contribution in [3.8, 4) is 11.1 Å². The second-order valence-corrected chi connectivity index (χ2v) is 5.48. The van der Waals surface area contributed by atoms with E-state index in [1.807, 2.05) is 30.3 Å². The third-order valence-corrected chi connectivity index (χ3v) is 3.76. The molecule has 7 nitrogen and oxygen atoms in total. The molecule has 0 unspecified atom stereocenters. The zero-order valence-electron chi connectivity index (χ0n) is 11.9. The van der Waals surface area contributed by atoms with Gasteiger partial charge in [0.2, 0.25) is 0 Å². The maximum absolute atomic E-state index is 12.7. The number of anilines is 1. The van der Waals surface area contributed by atoms with Gasteiger partial charge in [0.25, 0.3) is 5.91 Å². The predicted molar refractivity (Wildman–Crippen MR) is 81.0 cm³/mol. The highest BCUT2D eigenvalue weighted by molar-refractivity contribution is 6.01. The van der Waals surface area contributed by atoms with E-state index in [1.165, 1.54) is 4.90 Å². The maximum Gasteiger partial charge on any atom is 0.272 e. The number of β-amino-alcohol motifs (C(OH)–C–C–N with tert-alkyl or cyclic N) is 2. The molecule has 1 aliphatic heterocycles. The van der Waals surface area contributed by atoms with E-state index in [4.69, 9.17) is 5.73 Å². The highest BCUT2D eigenvalue weighted by Crippen LogP contribution is 2.29. The third kappa shape index (κ3) is 2.68. The summed E-state index contributed by atoms with van der Waals surface area (Å²) < 4.78 is 0. The van der Waals surface area contributed by atoms with Gasteiger partial charge in [0, 0.05) is 19.5 Å². The van der Waals surface area contributed by atoms with Crippen molar-refractivity contribution in [1.82, 2.24) is 15.1 Å². The Bertz CT molecular complexity index is 661. The average Bonchev–Trinajstić information content (AvgIpc) is 2.88. The number of nitrogen functional groups attached to an aromatic ring is 1. The fourth-order valence-electron chi connectivity index (χ4n) is 2.78. The molecule has 22 heavy (non-hydrogen) atoms. The van der Waals surface area contributed by atoms with E-state index in [0.717, 1.165) is 5.56 Å². The summed E-state index contributed by atoms with van der Waals surface area (Å²) >= 11 is 0. The molecule has 5 N–H and O–H groups in total. The number of aliphatic hydroxyl groups excluding tert-OH is 2. The summed E-state index contributed by atoms with van der Waals surface area (Å²) in [5.41, 5.74) is 7.48. The summed E-state index contributed by atoms with van der Waals surface area (Å²) in [5.74, 6) is -0.0893. The van der Waals surface area contributed by atoms with Crippen LogP contribution < -0.4 is 5.73 Å². The van der Waals surface area contributed by atoms with Crippen LogP contribution in [0.25, 0.3) is 11.1 Å². The second-order valence-electron chi connectivity index (χ2n) is 5.48. The van der Waals surface area contributed by atoms with Crippen molar-refractivity contribution in [2.24, 2.45) is 0 Å². The fourth-order valence-corrected chi connectivity index (χ4v) is 2.78. The van der Waals surface area contributed by atoms with Crippen molar-refractivity contribution < 1.29 is 15.0 Å². The van der Waals surface area contributed by atoms with Gasteiger partial charge in [0.1, 0.15) is 5.69 Å². The number of aromatic nitrogens is 2. The van der Waals surface area contributed by atoms with Crippen LogP contribution in [0.15, 0.2) is 30.3 Å². The Kier molecular flexibility index (Phi) is 3.82. The van der Waals surface area contributed by atoms with Gasteiger partial charge in [-0.2, -0.15) is 5.10 Å². The lowest BCUT2D eigenvalue weighted by atomic mass is 10.0. The molecule has 1 aromatic carbocycles. The number of hydrogen-bond acceptors (Lipinski definition) is 5. The smallest absolute Gasteiger partial charge is 0.272 e. The Morgan fingerprint density at radius 2 is 1.86 bits per heavy atom. The second kappa shape index (κ2) is 5.78. The van der Waals surface area contributed by atoms with Crippen LogP contribution in [0.3, 0.4) is 0 Å². The summed E-state index contributed by atoms with van der Waals surface area (Å²) in [6.07, 6.45) is -1.18. The molecule has 0 saturated carbocycles. The van der Waals surface area contributed by atoms with Crippen LogP contribution in [0.5, 0.6) is 0 Å². The zero-order chi connectivity index (χ0) is 15.7. The number of nitrogens with two attached hydrogens (primary N) is 1. The molecule has 1 aromatic heterocycles. The van der Waals surface area contributed by atoms with Crippen molar-refractivity contribution in [2.45, 2.75) is 18.6 Å². The molecule has 0 radical (unpaired) electrons.